The molecule has 20 heavy (non-hydrogen) atoms. The summed E-state index contributed by atoms with van der Waals surface area (Å²) in [6.45, 7) is 0.494. The first-order valence-corrected chi connectivity index (χ1v) is 7.29. The van der Waals surface area contributed by atoms with Crippen LogP contribution in [0, 0.1) is 0 Å². The van der Waals surface area contributed by atoms with E-state index in [0.717, 1.165) is 10.0 Å². The molecular formula is C14H11BrCl2N2O. The van der Waals surface area contributed by atoms with Gasteiger partial charge in [0.1, 0.15) is 0 Å². The third-order valence-electron chi connectivity index (χ3n) is 2.74. The first kappa shape index (κ1) is 15.2. The monoisotopic (exact) mass is 372 g/mol. The van der Waals surface area contributed by atoms with Crippen LogP contribution in [0.4, 0.5) is 5.69 Å². The van der Waals surface area contributed by atoms with E-state index in [1.54, 1.807) is 18.2 Å². The summed E-state index contributed by atoms with van der Waals surface area (Å²) in [7, 11) is 0. The molecule has 3 N–H and O–H groups in total. The highest BCUT2D eigenvalue weighted by molar-refractivity contribution is 9.10. The van der Waals surface area contributed by atoms with Gasteiger partial charge in [-0.05, 0) is 35.9 Å². The second-order valence-corrected chi connectivity index (χ2v) is 5.88. The van der Waals surface area contributed by atoms with Crippen LogP contribution in [0.15, 0.2) is 40.9 Å². The highest BCUT2D eigenvalue weighted by Gasteiger charge is 2.07. The van der Waals surface area contributed by atoms with Gasteiger partial charge >= 0.3 is 0 Å². The lowest BCUT2D eigenvalue weighted by atomic mass is 10.1. The van der Waals surface area contributed by atoms with Crippen LogP contribution < -0.4 is 11.1 Å². The molecule has 0 heterocycles. The van der Waals surface area contributed by atoms with Crippen molar-refractivity contribution < 1.29 is 4.79 Å². The third-order valence-corrected chi connectivity index (χ3v) is 3.91. The van der Waals surface area contributed by atoms with Gasteiger partial charge in [-0.15, -0.1) is 0 Å². The zero-order valence-electron chi connectivity index (χ0n) is 10.3. The molecule has 2 aromatic carbocycles. The molecule has 0 aliphatic rings. The minimum Gasteiger partial charge on any atom is -0.380 e. The average molecular weight is 374 g/mol. The van der Waals surface area contributed by atoms with Crippen LogP contribution in [0.3, 0.4) is 0 Å². The lowest BCUT2D eigenvalue weighted by molar-refractivity contribution is 0.100. The number of benzene rings is 2. The Morgan fingerprint density at radius 2 is 1.90 bits per heavy atom. The SMILES string of the molecule is NC(=O)c1ccc(Cl)c(NCc2ccc(Br)cc2Cl)c1. The summed E-state index contributed by atoms with van der Waals surface area (Å²) in [6.07, 6.45) is 0. The maximum atomic E-state index is 11.2. The Morgan fingerprint density at radius 1 is 1.15 bits per heavy atom. The van der Waals surface area contributed by atoms with E-state index in [2.05, 4.69) is 21.2 Å². The summed E-state index contributed by atoms with van der Waals surface area (Å²) in [5.41, 5.74) is 7.21. The zero-order valence-corrected chi connectivity index (χ0v) is 13.4. The molecule has 0 saturated heterocycles. The lowest BCUT2D eigenvalue weighted by Crippen LogP contribution is -2.11. The van der Waals surface area contributed by atoms with Crippen molar-refractivity contribution >= 4 is 50.7 Å². The maximum absolute atomic E-state index is 11.2. The molecule has 104 valence electrons. The Hall–Kier alpha value is -1.23. The van der Waals surface area contributed by atoms with Crippen LogP contribution in [0.1, 0.15) is 15.9 Å². The van der Waals surface area contributed by atoms with E-state index >= 15 is 0 Å². The van der Waals surface area contributed by atoms with Crippen LogP contribution in [-0.2, 0) is 6.54 Å². The van der Waals surface area contributed by atoms with Crippen molar-refractivity contribution in [2.24, 2.45) is 5.73 Å². The van der Waals surface area contributed by atoms with Crippen LogP contribution in [0.2, 0.25) is 10.0 Å². The molecule has 2 rings (SSSR count). The van der Waals surface area contributed by atoms with Gasteiger partial charge in [-0.3, -0.25) is 4.79 Å². The Morgan fingerprint density at radius 3 is 2.55 bits per heavy atom. The van der Waals surface area contributed by atoms with E-state index in [-0.39, 0.29) is 0 Å². The van der Waals surface area contributed by atoms with Crippen molar-refractivity contribution in [3.05, 3.63) is 62.0 Å². The van der Waals surface area contributed by atoms with Gasteiger partial charge < -0.3 is 11.1 Å². The van der Waals surface area contributed by atoms with Crippen molar-refractivity contribution in [2.45, 2.75) is 6.54 Å². The molecule has 0 atom stereocenters. The summed E-state index contributed by atoms with van der Waals surface area (Å²) in [5.74, 6) is -0.494. The Labute approximate surface area is 135 Å². The molecule has 0 aliphatic heterocycles. The third kappa shape index (κ3) is 3.66. The molecule has 0 aliphatic carbocycles. The Balaban J connectivity index is 2.18. The summed E-state index contributed by atoms with van der Waals surface area (Å²) in [6, 6.07) is 10.5. The van der Waals surface area contributed by atoms with Crippen molar-refractivity contribution in [2.75, 3.05) is 5.32 Å². The molecular weight excluding hydrogens is 363 g/mol. The molecule has 0 spiro atoms. The molecule has 0 fully saturated rings. The number of carbonyl (C=O) groups excluding carboxylic acids is 1. The molecule has 0 bridgehead atoms. The predicted octanol–water partition coefficient (Wildman–Crippen LogP) is 4.47. The zero-order chi connectivity index (χ0) is 14.7. The predicted molar refractivity (Wildman–Crippen MR) is 86.4 cm³/mol. The van der Waals surface area contributed by atoms with E-state index in [1.807, 2.05) is 18.2 Å². The van der Waals surface area contributed by atoms with Crippen LogP contribution in [-0.4, -0.2) is 5.91 Å². The second-order valence-electron chi connectivity index (χ2n) is 4.15. The number of primary amides is 1. The van der Waals surface area contributed by atoms with Gasteiger partial charge in [0.15, 0.2) is 0 Å². The minimum atomic E-state index is -0.494. The normalized spacial score (nSPS) is 10.3. The molecule has 1 amide bonds. The maximum Gasteiger partial charge on any atom is 0.248 e. The number of anilines is 1. The summed E-state index contributed by atoms with van der Waals surface area (Å²) < 4.78 is 0.917. The van der Waals surface area contributed by atoms with E-state index in [9.17, 15) is 4.79 Å². The van der Waals surface area contributed by atoms with Gasteiger partial charge in [-0.2, -0.15) is 0 Å². The van der Waals surface area contributed by atoms with Crippen molar-refractivity contribution in [3.8, 4) is 0 Å². The highest BCUT2D eigenvalue weighted by atomic mass is 79.9. The van der Waals surface area contributed by atoms with Crippen molar-refractivity contribution in [1.29, 1.82) is 0 Å². The number of carbonyl (C=O) groups is 1. The molecule has 0 unspecified atom stereocenters. The minimum absolute atomic E-state index is 0.402. The number of hydrogen-bond acceptors (Lipinski definition) is 2. The fourth-order valence-electron chi connectivity index (χ4n) is 1.67. The van der Waals surface area contributed by atoms with E-state index in [4.69, 9.17) is 28.9 Å². The molecule has 0 radical (unpaired) electrons. The average Bonchev–Trinajstić information content (AvgIpc) is 2.39. The van der Waals surface area contributed by atoms with Crippen molar-refractivity contribution in [3.63, 3.8) is 0 Å². The number of rotatable bonds is 4. The molecule has 0 saturated carbocycles. The molecule has 2 aromatic rings. The van der Waals surface area contributed by atoms with E-state index in [0.29, 0.717) is 27.8 Å². The van der Waals surface area contributed by atoms with Crippen LogP contribution >= 0.6 is 39.1 Å². The fourth-order valence-corrected chi connectivity index (χ4v) is 2.59. The van der Waals surface area contributed by atoms with Gasteiger partial charge in [-0.25, -0.2) is 0 Å². The quantitative estimate of drug-likeness (QED) is 0.830. The summed E-state index contributed by atoms with van der Waals surface area (Å²) >= 11 is 15.6. The number of nitrogens with two attached hydrogens (primary N) is 1. The molecule has 0 aromatic heterocycles. The van der Waals surface area contributed by atoms with Gasteiger partial charge in [-0.1, -0.05) is 45.2 Å². The smallest absolute Gasteiger partial charge is 0.248 e. The van der Waals surface area contributed by atoms with Crippen LogP contribution in [0.25, 0.3) is 0 Å². The first-order valence-electron chi connectivity index (χ1n) is 5.74. The van der Waals surface area contributed by atoms with E-state index in [1.165, 1.54) is 0 Å². The van der Waals surface area contributed by atoms with E-state index < -0.39 is 5.91 Å². The first-order chi connectivity index (χ1) is 9.47. The molecule has 3 nitrogen and oxygen atoms in total. The number of amides is 1. The standard InChI is InChI=1S/C14H11BrCl2N2O/c15-10-3-1-9(12(17)6-10)7-19-13-5-8(14(18)20)2-4-11(13)16/h1-6,19H,7H2,(H2,18,20). The number of hydrogen-bond donors (Lipinski definition) is 2. The number of halogens is 3. The summed E-state index contributed by atoms with van der Waals surface area (Å²) in [4.78, 5) is 11.2. The molecule has 6 heteroatoms. The highest BCUT2D eigenvalue weighted by Crippen LogP contribution is 2.26. The van der Waals surface area contributed by atoms with Gasteiger partial charge in [0, 0.05) is 21.6 Å². The van der Waals surface area contributed by atoms with Gasteiger partial charge in [0.05, 0.1) is 10.7 Å². The Bertz CT molecular complexity index is 662. The fraction of sp³-hybridized carbons (Fsp3) is 0.0714. The van der Waals surface area contributed by atoms with Gasteiger partial charge in [0.25, 0.3) is 0 Å². The van der Waals surface area contributed by atoms with Gasteiger partial charge in [0.2, 0.25) is 5.91 Å². The Kier molecular flexibility index (Phi) is 4.91. The summed E-state index contributed by atoms with van der Waals surface area (Å²) in [5, 5.41) is 4.31. The topological polar surface area (TPSA) is 55.1 Å². The largest absolute Gasteiger partial charge is 0.380 e. The van der Waals surface area contributed by atoms with Crippen LogP contribution in [0.5, 0.6) is 0 Å². The second kappa shape index (κ2) is 6.48. The van der Waals surface area contributed by atoms with Crippen molar-refractivity contribution in [1.82, 2.24) is 0 Å². The number of nitrogens with one attached hydrogen (secondary N) is 1. The lowest BCUT2D eigenvalue weighted by Gasteiger charge is -2.11.